The molecule has 6 heteroatoms. The van der Waals surface area contributed by atoms with Crippen LogP contribution in [-0.4, -0.2) is 11.6 Å². The van der Waals surface area contributed by atoms with Crippen molar-refractivity contribution in [1.29, 1.82) is 10.5 Å². The molecule has 0 spiro atoms. The molecule has 0 radical (unpaired) electrons. The highest BCUT2D eigenvalue weighted by Gasteiger charge is 2.35. The van der Waals surface area contributed by atoms with E-state index >= 15 is 0 Å². The Bertz CT molecular complexity index is 528. The van der Waals surface area contributed by atoms with Crippen LogP contribution >= 0.6 is 0 Å². The zero-order valence-electron chi connectivity index (χ0n) is 7.61. The first-order chi connectivity index (χ1) is 7.62. The van der Waals surface area contributed by atoms with E-state index in [0.29, 0.717) is 0 Å². The maximum atomic E-state index is 11.5. The summed E-state index contributed by atoms with van der Waals surface area (Å²) in [5, 5.41) is 17.2. The van der Waals surface area contributed by atoms with Crippen molar-refractivity contribution in [2.75, 3.05) is 0 Å². The maximum Gasteiger partial charge on any atom is 0.246 e. The summed E-state index contributed by atoms with van der Waals surface area (Å²) in [7, 11) is 0. The lowest BCUT2D eigenvalue weighted by molar-refractivity contribution is -0.115. The number of carbonyl (C=O) groups excluding carboxylic acids is 2. The summed E-state index contributed by atoms with van der Waals surface area (Å²) in [5.74, 6) is -2.08. The Morgan fingerprint density at radius 3 is 1.38 bits per heavy atom. The molecule has 0 aromatic rings. The molecule has 0 N–H and O–H groups in total. The highest BCUT2D eigenvalue weighted by Crippen LogP contribution is 2.25. The second-order valence-corrected chi connectivity index (χ2v) is 2.55. The van der Waals surface area contributed by atoms with Gasteiger partial charge in [0, 0.05) is 0 Å². The summed E-state index contributed by atoms with van der Waals surface area (Å²) in [6.45, 7) is 13.4. The molecule has 72 valence electrons. The smallest absolute Gasteiger partial charge is 0.246 e. The van der Waals surface area contributed by atoms with Crippen molar-refractivity contribution < 1.29 is 9.59 Å². The number of hydrogen-bond donors (Lipinski definition) is 0. The van der Waals surface area contributed by atoms with E-state index in [2.05, 4.69) is 9.69 Å². The van der Waals surface area contributed by atoms with Crippen LogP contribution in [0.3, 0.4) is 0 Å². The Kier molecular flexibility index (Phi) is 2.63. The lowest BCUT2D eigenvalue weighted by Gasteiger charge is -2.08. The van der Waals surface area contributed by atoms with Gasteiger partial charge in [0.05, 0.1) is 13.1 Å². The minimum absolute atomic E-state index is 0.675. The van der Waals surface area contributed by atoms with E-state index in [-0.39, 0.29) is 0 Å². The Balaban J connectivity index is 3.67. The zero-order chi connectivity index (χ0) is 12.3. The Labute approximate surface area is 90.0 Å². The number of Topliss-reactive ketones (excluding diaryl/α,β-unsaturated/α-hetero) is 2. The van der Waals surface area contributed by atoms with Crippen LogP contribution in [0, 0.1) is 35.8 Å². The third-order valence-electron chi connectivity index (χ3n) is 1.81. The predicted octanol–water partition coefficient (Wildman–Crippen LogP) is 0.532. The van der Waals surface area contributed by atoms with Gasteiger partial charge in [0.15, 0.2) is 11.6 Å². The van der Waals surface area contributed by atoms with E-state index in [1.54, 1.807) is 0 Å². The molecule has 16 heavy (non-hydrogen) atoms. The molecular weight excluding hydrogens is 208 g/mol. The fourth-order valence-electron chi connectivity index (χ4n) is 1.10. The average molecular weight is 208 g/mol. The van der Waals surface area contributed by atoms with Crippen molar-refractivity contribution in [2.24, 2.45) is 0 Å². The zero-order valence-corrected chi connectivity index (χ0v) is 7.61. The van der Waals surface area contributed by atoms with Gasteiger partial charge in [0.25, 0.3) is 0 Å². The van der Waals surface area contributed by atoms with Gasteiger partial charge in [-0.15, -0.1) is 0 Å². The van der Waals surface area contributed by atoms with Crippen molar-refractivity contribution in [3.63, 3.8) is 0 Å². The van der Waals surface area contributed by atoms with Gasteiger partial charge in [-0.1, -0.05) is 0 Å². The third-order valence-corrected chi connectivity index (χ3v) is 1.81. The molecule has 0 aromatic heterocycles. The van der Waals surface area contributed by atoms with Crippen LogP contribution < -0.4 is 0 Å². The summed E-state index contributed by atoms with van der Waals surface area (Å²) in [6.07, 6.45) is 0. The van der Waals surface area contributed by atoms with Crippen molar-refractivity contribution in [2.45, 2.75) is 0 Å². The number of ketones is 2. The molecule has 0 saturated carbocycles. The fourth-order valence-corrected chi connectivity index (χ4v) is 1.10. The van der Waals surface area contributed by atoms with Crippen LogP contribution in [0.25, 0.3) is 9.69 Å². The van der Waals surface area contributed by atoms with Crippen molar-refractivity contribution in [3.05, 3.63) is 45.4 Å². The van der Waals surface area contributed by atoms with E-state index in [1.165, 1.54) is 12.1 Å². The topological polar surface area (TPSA) is 90.4 Å². The van der Waals surface area contributed by atoms with E-state index in [9.17, 15) is 9.59 Å². The van der Waals surface area contributed by atoms with Crippen molar-refractivity contribution in [1.82, 2.24) is 0 Å². The molecule has 1 rings (SSSR count). The van der Waals surface area contributed by atoms with Gasteiger partial charge in [-0.3, -0.25) is 0 Å². The quantitative estimate of drug-likeness (QED) is 0.429. The minimum Gasteiger partial charge on any atom is -0.303 e. The number of nitriles is 2. The standard InChI is InChI=1S/C10N4O2/c1-13-7-8(14-2)10(16)6(4-12)5(3-11)9(7)15. The van der Waals surface area contributed by atoms with Crippen molar-refractivity contribution >= 4 is 11.6 Å². The molecule has 0 saturated heterocycles. The van der Waals surface area contributed by atoms with Gasteiger partial charge in [-0.05, 0) is 0 Å². The molecule has 0 aliphatic heterocycles. The van der Waals surface area contributed by atoms with E-state index < -0.39 is 34.1 Å². The average Bonchev–Trinajstić information content (AvgIpc) is 2.30. The predicted molar refractivity (Wildman–Crippen MR) is 48.5 cm³/mol. The normalized spacial score (nSPS) is 15.0. The largest absolute Gasteiger partial charge is 0.303 e. The fraction of sp³-hybridized carbons (Fsp3) is 0. The second kappa shape index (κ2) is 3.88. The van der Waals surface area contributed by atoms with Gasteiger partial charge < -0.3 is 9.59 Å². The molecule has 0 atom stereocenters. The molecule has 0 unspecified atom stereocenters. The van der Waals surface area contributed by atoms with Crippen LogP contribution in [0.2, 0.25) is 0 Å². The highest BCUT2D eigenvalue weighted by molar-refractivity contribution is 6.29. The van der Waals surface area contributed by atoms with E-state index in [1.807, 2.05) is 0 Å². The lowest BCUT2D eigenvalue weighted by Crippen LogP contribution is -2.20. The first-order valence-electron chi connectivity index (χ1n) is 3.75. The Morgan fingerprint density at radius 1 is 0.875 bits per heavy atom. The Morgan fingerprint density at radius 2 is 1.19 bits per heavy atom. The molecule has 1 aliphatic rings. The van der Waals surface area contributed by atoms with Crippen LogP contribution in [0.1, 0.15) is 0 Å². The van der Waals surface area contributed by atoms with Crippen LogP contribution in [0.15, 0.2) is 22.5 Å². The number of rotatable bonds is 0. The summed E-state index contributed by atoms with van der Waals surface area (Å²) >= 11 is 0. The number of carbonyl (C=O) groups is 2. The molecule has 0 fully saturated rings. The molecule has 0 heterocycles. The monoisotopic (exact) mass is 208 g/mol. The highest BCUT2D eigenvalue weighted by atomic mass is 16.1. The molecule has 1 aliphatic carbocycles. The van der Waals surface area contributed by atoms with Crippen LogP contribution in [0.5, 0.6) is 0 Å². The van der Waals surface area contributed by atoms with Gasteiger partial charge in [-0.25, -0.2) is 9.69 Å². The molecule has 0 aromatic carbocycles. The van der Waals surface area contributed by atoms with Crippen molar-refractivity contribution in [3.8, 4) is 12.1 Å². The molecule has 0 bridgehead atoms. The van der Waals surface area contributed by atoms with E-state index in [0.717, 1.165) is 0 Å². The van der Waals surface area contributed by atoms with Crippen LogP contribution in [0.4, 0.5) is 0 Å². The second-order valence-electron chi connectivity index (χ2n) is 2.55. The van der Waals surface area contributed by atoms with Gasteiger partial charge >= 0.3 is 0 Å². The molecule has 6 nitrogen and oxygen atoms in total. The van der Waals surface area contributed by atoms with E-state index in [4.69, 9.17) is 23.7 Å². The molecular formula is C10N4O2. The van der Waals surface area contributed by atoms with Gasteiger partial charge in [-0.2, -0.15) is 10.5 Å². The summed E-state index contributed by atoms with van der Waals surface area (Å²) < 4.78 is 0. The molecule has 0 amide bonds. The SMILES string of the molecule is [C-]#[N+]C1=C([N+]#[C-])C(=O)C(C#N)=C(C#N)C1=O. The summed E-state index contributed by atoms with van der Waals surface area (Å²) in [5.41, 5.74) is -2.75. The first kappa shape index (κ1) is 10.9. The van der Waals surface area contributed by atoms with Gasteiger partial charge in [0.2, 0.25) is 11.4 Å². The van der Waals surface area contributed by atoms with Crippen LogP contribution in [-0.2, 0) is 9.59 Å². The first-order valence-corrected chi connectivity index (χ1v) is 3.75. The summed E-state index contributed by atoms with van der Waals surface area (Å²) in [4.78, 5) is 28.4. The maximum absolute atomic E-state index is 11.5. The lowest BCUT2D eigenvalue weighted by atomic mass is 9.92. The minimum atomic E-state index is -1.04. The number of nitrogens with zero attached hydrogens (tertiary/aromatic N) is 4. The summed E-state index contributed by atoms with van der Waals surface area (Å²) in [6, 6.07) is 2.80. The Hall–Kier alpha value is -3.22. The number of hydrogen-bond acceptors (Lipinski definition) is 4. The number of allylic oxidation sites excluding steroid dienone is 2. The third kappa shape index (κ3) is 1.24. The van der Waals surface area contributed by atoms with Gasteiger partial charge in [0.1, 0.15) is 23.3 Å².